The summed E-state index contributed by atoms with van der Waals surface area (Å²) in [5.41, 5.74) is 0. The van der Waals surface area contributed by atoms with E-state index in [1.807, 2.05) is 6.92 Å². The molecule has 5 heterocycles. The topological polar surface area (TPSA) is 114 Å². The number of nitrogens with one attached hydrogen (secondary N) is 4. The third-order valence-electron chi connectivity index (χ3n) is 7.58. The van der Waals surface area contributed by atoms with E-state index in [2.05, 4.69) is 40.9 Å². The van der Waals surface area contributed by atoms with Crippen molar-refractivity contribution >= 4 is 0 Å². The minimum atomic E-state index is -0.198. The van der Waals surface area contributed by atoms with Gasteiger partial charge in [-0.25, -0.2) is 0 Å². The van der Waals surface area contributed by atoms with Gasteiger partial charge in [-0.2, -0.15) is 0 Å². The van der Waals surface area contributed by atoms with Gasteiger partial charge in [0.25, 0.3) is 0 Å². The van der Waals surface area contributed by atoms with E-state index in [4.69, 9.17) is 4.74 Å². The van der Waals surface area contributed by atoms with Crippen LogP contribution in [0.2, 0.25) is 0 Å². The Bertz CT molecular complexity index is 530. The number of aliphatic hydroxyl groups excluding tert-OH is 2. The number of nitrogens with zero attached hydrogens (tertiary/aromatic N) is 4. The summed E-state index contributed by atoms with van der Waals surface area (Å²) in [4.78, 5) is 9.48. The van der Waals surface area contributed by atoms with E-state index in [1.54, 1.807) is 0 Å². The summed E-state index contributed by atoms with van der Waals surface area (Å²) in [7, 11) is 0. The maximum atomic E-state index is 10.0. The van der Waals surface area contributed by atoms with E-state index in [1.165, 1.54) is 13.1 Å². The largest absolute Gasteiger partial charge is 0.392 e. The number of hydrogen-bond acceptors (Lipinski definition) is 11. The fraction of sp³-hybridized carbons (Fsp3) is 1.00. The molecule has 2 atom stereocenters. The van der Waals surface area contributed by atoms with Crippen molar-refractivity contribution in [3.05, 3.63) is 0 Å². The summed E-state index contributed by atoms with van der Waals surface area (Å²) in [6.45, 7) is 24.1. The van der Waals surface area contributed by atoms with Crippen LogP contribution in [-0.4, -0.2) is 186 Å². The first kappa shape index (κ1) is 31.1. The van der Waals surface area contributed by atoms with E-state index in [0.29, 0.717) is 6.10 Å². The van der Waals surface area contributed by atoms with Crippen molar-refractivity contribution in [2.75, 3.05) is 138 Å². The summed E-state index contributed by atoms with van der Waals surface area (Å²) in [5, 5.41) is 32.6. The molecule has 0 aliphatic carbocycles. The number of aliphatic hydroxyl groups is 2. The second-order valence-electron chi connectivity index (χ2n) is 10.9. The van der Waals surface area contributed by atoms with Crippen LogP contribution in [0.25, 0.3) is 0 Å². The maximum Gasteiger partial charge on any atom is 0.0936 e. The maximum absolute atomic E-state index is 10.0. The van der Waals surface area contributed by atoms with Crippen molar-refractivity contribution in [1.29, 1.82) is 0 Å². The lowest BCUT2D eigenvalue weighted by Crippen LogP contribution is -2.50. The molecule has 0 spiro atoms. The molecule has 5 aliphatic heterocycles. The predicted molar refractivity (Wildman–Crippen MR) is 149 cm³/mol. The van der Waals surface area contributed by atoms with Crippen molar-refractivity contribution in [3.8, 4) is 0 Å². The summed E-state index contributed by atoms with van der Waals surface area (Å²) in [6, 6.07) is 0. The Morgan fingerprint density at radius 1 is 0.595 bits per heavy atom. The number of ether oxygens (including phenoxy) is 1. The number of piperazine rings is 4. The Morgan fingerprint density at radius 2 is 0.919 bits per heavy atom. The molecular weight excluding hydrogens is 472 g/mol. The molecule has 5 rings (SSSR count). The lowest BCUT2D eigenvalue weighted by atomic mass is 10.2. The molecule has 11 nitrogen and oxygen atoms in total. The van der Waals surface area contributed by atoms with Crippen LogP contribution in [0.5, 0.6) is 0 Å². The number of epoxide rings is 1. The summed E-state index contributed by atoms with van der Waals surface area (Å²) < 4.78 is 5.15. The quantitative estimate of drug-likeness (QED) is 0.173. The Kier molecular flexibility index (Phi) is 15.8. The second-order valence-corrected chi connectivity index (χ2v) is 10.9. The van der Waals surface area contributed by atoms with Gasteiger partial charge in [-0.1, -0.05) is 6.92 Å². The van der Waals surface area contributed by atoms with Gasteiger partial charge in [0.2, 0.25) is 0 Å². The van der Waals surface area contributed by atoms with Gasteiger partial charge in [0.1, 0.15) is 0 Å². The van der Waals surface area contributed by atoms with E-state index >= 15 is 0 Å². The standard InChI is InChI=1S/C11H24N4O.C8H18N2O.C7H14N2O/c16-11(9-14-5-1-12-2-6-14)10-15-7-3-13-4-8-15;1-2-8(11)7-10-5-3-9-4-6-10;1-3-9(4-2-8-1)5-7-6-10-7/h11-13,16H,1-10H2;8-9,11H,2-7H2,1H3;7-8H,1-6H2. The molecule has 6 N–H and O–H groups in total. The number of β-amino-alcohol motifs (C(OH)–C–C–N with tert-alkyl or cyclic N) is 2. The summed E-state index contributed by atoms with van der Waals surface area (Å²) in [6.07, 6.45) is 1.10. The van der Waals surface area contributed by atoms with Gasteiger partial charge in [-0.05, 0) is 6.42 Å². The van der Waals surface area contributed by atoms with Crippen LogP contribution in [0, 0.1) is 0 Å². The zero-order chi connectivity index (χ0) is 26.1. The van der Waals surface area contributed by atoms with Gasteiger partial charge in [0.15, 0.2) is 0 Å². The lowest BCUT2D eigenvalue weighted by Gasteiger charge is -2.33. The normalized spacial score (nSPS) is 27.1. The average molecular weight is 529 g/mol. The molecule has 5 fully saturated rings. The van der Waals surface area contributed by atoms with Crippen LogP contribution in [0.3, 0.4) is 0 Å². The van der Waals surface area contributed by atoms with Crippen LogP contribution in [0.15, 0.2) is 0 Å². The molecule has 0 aromatic carbocycles. The van der Waals surface area contributed by atoms with Crippen LogP contribution in [0.4, 0.5) is 0 Å². The first-order valence-electron chi connectivity index (χ1n) is 14.8. The minimum Gasteiger partial charge on any atom is -0.392 e. The number of hydrogen-bond donors (Lipinski definition) is 6. The highest BCUT2D eigenvalue weighted by Gasteiger charge is 2.25. The zero-order valence-corrected chi connectivity index (χ0v) is 23.4. The first-order chi connectivity index (χ1) is 18.1. The van der Waals surface area contributed by atoms with Crippen molar-refractivity contribution < 1.29 is 14.9 Å². The predicted octanol–water partition coefficient (Wildman–Crippen LogP) is -2.89. The smallest absolute Gasteiger partial charge is 0.0936 e. The number of rotatable bonds is 9. The molecule has 0 radical (unpaired) electrons. The molecule has 5 aliphatic rings. The fourth-order valence-electron chi connectivity index (χ4n) is 5.12. The molecule has 218 valence electrons. The van der Waals surface area contributed by atoms with Crippen LogP contribution in [-0.2, 0) is 4.74 Å². The molecule has 0 saturated carbocycles. The summed E-state index contributed by atoms with van der Waals surface area (Å²) >= 11 is 0. The Balaban J connectivity index is 0.000000160. The van der Waals surface area contributed by atoms with Crippen LogP contribution >= 0.6 is 0 Å². The van der Waals surface area contributed by atoms with Crippen molar-refractivity contribution in [2.45, 2.75) is 31.7 Å². The van der Waals surface area contributed by atoms with Gasteiger partial charge >= 0.3 is 0 Å². The van der Waals surface area contributed by atoms with Crippen LogP contribution in [0.1, 0.15) is 13.3 Å². The Hall–Kier alpha value is -0.440. The molecule has 5 saturated heterocycles. The van der Waals surface area contributed by atoms with Gasteiger partial charge < -0.3 is 36.2 Å². The Morgan fingerprint density at radius 3 is 1.24 bits per heavy atom. The van der Waals surface area contributed by atoms with Crippen molar-refractivity contribution in [1.82, 2.24) is 40.9 Å². The van der Waals surface area contributed by atoms with E-state index in [-0.39, 0.29) is 12.2 Å². The third kappa shape index (κ3) is 14.5. The summed E-state index contributed by atoms with van der Waals surface area (Å²) in [5.74, 6) is 0. The highest BCUT2D eigenvalue weighted by atomic mass is 16.6. The van der Waals surface area contributed by atoms with E-state index in [0.717, 1.165) is 131 Å². The SMILES string of the molecule is C1CN(CC2CO2)CCN1.CCC(O)CN1CCNCC1.OC(CN1CCNCC1)CN1CCNCC1. The average Bonchev–Trinajstić information content (AvgIpc) is 3.76. The fourth-order valence-corrected chi connectivity index (χ4v) is 5.12. The molecule has 0 aromatic rings. The zero-order valence-electron chi connectivity index (χ0n) is 23.4. The van der Waals surface area contributed by atoms with E-state index in [9.17, 15) is 10.2 Å². The van der Waals surface area contributed by atoms with Crippen molar-refractivity contribution in [3.63, 3.8) is 0 Å². The van der Waals surface area contributed by atoms with Crippen LogP contribution < -0.4 is 21.3 Å². The highest BCUT2D eigenvalue weighted by molar-refractivity contribution is 4.78. The molecule has 0 aromatic heterocycles. The first-order valence-corrected chi connectivity index (χ1v) is 14.8. The van der Waals surface area contributed by atoms with Gasteiger partial charge in [0.05, 0.1) is 24.9 Å². The molecule has 0 amide bonds. The molecule has 2 unspecified atom stereocenters. The lowest BCUT2D eigenvalue weighted by molar-refractivity contribution is 0.0655. The monoisotopic (exact) mass is 528 g/mol. The molecule has 0 bridgehead atoms. The molecule has 37 heavy (non-hydrogen) atoms. The third-order valence-corrected chi connectivity index (χ3v) is 7.58. The van der Waals surface area contributed by atoms with Crippen molar-refractivity contribution in [2.24, 2.45) is 0 Å². The van der Waals surface area contributed by atoms with Gasteiger partial charge in [0, 0.05) is 131 Å². The Labute approximate surface area is 225 Å². The molecular formula is C26H56N8O3. The van der Waals surface area contributed by atoms with Gasteiger partial charge in [-0.3, -0.25) is 19.6 Å². The highest BCUT2D eigenvalue weighted by Crippen LogP contribution is 2.10. The van der Waals surface area contributed by atoms with E-state index < -0.39 is 0 Å². The minimum absolute atomic E-state index is 0.131. The molecule has 11 heteroatoms. The van der Waals surface area contributed by atoms with Gasteiger partial charge in [-0.15, -0.1) is 0 Å². The second kappa shape index (κ2) is 18.8.